The summed E-state index contributed by atoms with van der Waals surface area (Å²) in [6.45, 7) is 0.103. The van der Waals surface area contributed by atoms with Crippen LogP contribution in [0.5, 0.6) is 0 Å². The minimum absolute atomic E-state index is 0.0214. The molecule has 0 saturated heterocycles. The highest BCUT2D eigenvalue weighted by Crippen LogP contribution is 2.23. The molecule has 0 amide bonds. The topological polar surface area (TPSA) is 69.9 Å². The summed E-state index contributed by atoms with van der Waals surface area (Å²) in [6, 6.07) is 6.98. The number of hydrogen-bond acceptors (Lipinski definition) is 5. The predicted molar refractivity (Wildman–Crippen MR) is 80.1 cm³/mol. The molecule has 2 aromatic heterocycles. The SMILES string of the molecule is COC(=O)c1nnn(Cc2ccc(F)c(F)c2)c1-c1cccnc1. The van der Waals surface area contributed by atoms with Crippen LogP contribution in [0.15, 0.2) is 42.7 Å². The zero-order valence-electron chi connectivity index (χ0n) is 12.6. The maximum atomic E-state index is 13.4. The molecule has 2 heterocycles. The van der Waals surface area contributed by atoms with Gasteiger partial charge in [0.15, 0.2) is 17.3 Å². The first-order valence-corrected chi connectivity index (χ1v) is 6.96. The summed E-state index contributed by atoms with van der Waals surface area (Å²) in [5.74, 6) is -2.53. The number of aromatic nitrogens is 4. The fourth-order valence-electron chi connectivity index (χ4n) is 2.26. The number of rotatable bonds is 4. The largest absolute Gasteiger partial charge is 0.464 e. The molecule has 0 N–H and O–H groups in total. The molecule has 122 valence electrons. The van der Waals surface area contributed by atoms with Crippen molar-refractivity contribution in [3.05, 3.63) is 65.6 Å². The number of halogens is 2. The third-order valence-corrected chi connectivity index (χ3v) is 3.37. The Morgan fingerprint density at radius 3 is 2.75 bits per heavy atom. The average molecular weight is 330 g/mol. The first kappa shape index (κ1) is 15.7. The Morgan fingerprint density at radius 1 is 1.25 bits per heavy atom. The molecule has 0 atom stereocenters. The Morgan fingerprint density at radius 2 is 2.08 bits per heavy atom. The van der Waals surface area contributed by atoms with Crippen LogP contribution in [0.4, 0.5) is 8.78 Å². The first-order valence-electron chi connectivity index (χ1n) is 6.96. The van der Waals surface area contributed by atoms with E-state index in [0.29, 0.717) is 16.8 Å². The maximum absolute atomic E-state index is 13.4. The van der Waals surface area contributed by atoms with Gasteiger partial charge in [-0.3, -0.25) is 4.98 Å². The van der Waals surface area contributed by atoms with Crippen molar-refractivity contribution >= 4 is 5.97 Å². The van der Waals surface area contributed by atoms with E-state index in [1.165, 1.54) is 17.9 Å². The third kappa shape index (κ3) is 2.98. The van der Waals surface area contributed by atoms with Crippen molar-refractivity contribution in [2.24, 2.45) is 0 Å². The lowest BCUT2D eigenvalue weighted by molar-refractivity contribution is 0.0595. The van der Waals surface area contributed by atoms with E-state index >= 15 is 0 Å². The average Bonchev–Trinajstić information content (AvgIpc) is 3.02. The van der Waals surface area contributed by atoms with Crippen molar-refractivity contribution in [2.45, 2.75) is 6.54 Å². The monoisotopic (exact) mass is 330 g/mol. The van der Waals surface area contributed by atoms with Crippen LogP contribution in [-0.2, 0) is 11.3 Å². The van der Waals surface area contributed by atoms with Gasteiger partial charge in [-0.1, -0.05) is 11.3 Å². The van der Waals surface area contributed by atoms with Crippen LogP contribution in [0.2, 0.25) is 0 Å². The Balaban J connectivity index is 2.06. The lowest BCUT2D eigenvalue weighted by Gasteiger charge is -2.08. The van der Waals surface area contributed by atoms with Gasteiger partial charge in [0, 0.05) is 18.0 Å². The van der Waals surface area contributed by atoms with Gasteiger partial charge in [0.1, 0.15) is 5.69 Å². The number of carbonyl (C=O) groups is 1. The number of nitrogens with zero attached hydrogens (tertiary/aromatic N) is 4. The number of methoxy groups -OCH3 is 1. The molecule has 0 unspecified atom stereocenters. The minimum atomic E-state index is -0.955. The van der Waals surface area contributed by atoms with Gasteiger partial charge in [-0.05, 0) is 29.8 Å². The lowest BCUT2D eigenvalue weighted by Crippen LogP contribution is -2.08. The minimum Gasteiger partial charge on any atom is -0.464 e. The summed E-state index contributed by atoms with van der Waals surface area (Å²) in [5.41, 5.74) is 1.48. The van der Waals surface area contributed by atoms with Crippen LogP contribution < -0.4 is 0 Å². The highest BCUT2D eigenvalue weighted by atomic mass is 19.2. The number of esters is 1. The second kappa shape index (κ2) is 6.53. The number of benzene rings is 1. The molecular formula is C16H12F2N4O2. The first-order chi connectivity index (χ1) is 11.6. The zero-order valence-corrected chi connectivity index (χ0v) is 12.6. The number of carbonyl (C=O) groups excluding carboxylic acids is 1. The number of ether oxygens (including phenoxy) is 1. The molecule has 0 bridgehead atoms. The Kier molecular flexibility index (Phi) is 4.28. The quantitative estimate of drug-likeness (QED) is 0.687. The molecule has 0 fully saturated rings. The second-order valence-corrected chi connectivity index (χ2v) is 4.93. The fourth-order valence-corrected chi connectivity index (χ4v) is 2.26. The van der Waals surface area contributed by atoms with E-state index in [1.807, 2.05) is 0 Å². The molecule has 0 aliphatic rings. The van der Waals surface area contributed by atoms with Crippen molar-refractivity contribution < 1.29 is 18.3 Å². The van der Waals surface area contributed by atoms with Crippen LogP contribution in [0.25, 0.3) is 11.3 Å². The number of pyridine rings is 1. The second-order valence-electron chi connectivity index (χ2n) is 4.93. The summed E-state index contributed by atoms with van der Waals surface area (Å²) in [5, 5.41) is 7.77. The van der Waals surface area contributed by atoms with E-state index in [9.17, 15) is 13.6 Å². The number of hydrogen-bond donors (Lipinski definition) is 0. The van der Waals surface area contributed by atoms with Crippen LogP contribution in [0.1, 0.15) is 16.1 Å². The molecule has 3 rings (SSSR count). The van der Waals surface area contributed by atoms with Gasteiger partial charge in [-0.2, -0.15) is 0 Å². The Hall–Kier alpha value is -3.16. The van der Waals surface area contributed by atoms with Gasteiger partial charge in [0.25, 0.3) is 0 Å². The molecule has 1 aromatic carbocycles. The van der Waals surface area contributed by atoms with E-state index in [-0.39, 0.29) is 12.2 Å². The third-order valence-electron chi connectivity index (χ3n) is 3.37. The zero-order chi connectivity index (χ0) is 17.1. The smallest absolute Gasteiger partial charge is 0.360 e. The lowest BCUT2D eigenvalue weighted by atomic mass is 10.1. The summed E-state index contributed by atoms with van der Waals surface area (Å²) < 4.78 is 32.6. The van der Waals surface area contributed by atoms with Gasteiger partial charge in [0.2, 0.25) is 0 Å². The van der Waals surface area contributed by atoms with E-state index in [4.69, 9.17) is 4.74 Å². The molecular weight excluding hydrogens is 318 g/mol. The van der Waals surface area contributed by atoms with Gasteiger partial charge < -0.3 is 4.74 Å². The molecule has 0 spiro atoms. The van der Waals surface area contributed by atoms with Crippen molar-refractivity contribution in [3.63, 3.8) is 0 Å². The van der Waals surface area contributed by atoms with E-state index in [2.05, 4.69) is 15.3 Å². The van der Waals surface area contributed by atoms with Crippen molar-refractivity contribution in [1.82, 2.24) is 20.0 Å². The van der Waals surface area contributed by atoms with Gasteiger partial charge in [-0.15, -0.1) is 5.10 Å². The van der Waals surface area contributed by atoms with Gasteiger partial charge in [0.05, 0.1) is 13.7 Å². The molecule has 3 aromatic rings. The molecule has 0 radical (unpaired) electrons. The predicted octanol–water partition coefficient (Wildman–Crippen LogP) is 2.45. The summed E-state index contributed by atoms with van der Waals surface area (Å²) in [7, 11) is 1.24. The highest BCUT2D eigenvalue weighted by Gasteiger charge is 2.22. The molecule has 0 aliphatic carbocycles. The Labute approximate surface area is 135 Å². The summed E-state index contributed by atoms with van der Waals surface area (Å²) >= 11 is 0. The molecule has 0 aliphatic heterocycles. The van der Waals surface area contributed by atoms with Crippen LogP contribution in [-0.4, -0.2) is 33.1 Å². The van der Waals surface area contributed by atoms with E-state index in [0.717, 1.165) is 12.1 Å². The fraction of sp³-hybridized carbons (Fsp3) is 0.125. The van der Waals surface area contributed by atoms with Crippen LogP contribution in [0.3, 0.4) is 0 Å². The van der Waals surface area contributed by atoms with Crippen LogP contribution >= 0.6 is 0 Å². The van der Waals surface area contributed by atoms with E-state index < -0.39 is 17.6 Å². The standard InChI is InChI=1S/C16H12F2N4O2/c1-24-16(23)14-15(11-3-2-6-19-8-11)22(21-20-14)9-10-4-5-12(17)13(18)7-10/h2-8H,9H2,1H3. The van der Waals surface area contributed by atoms with Crippen molar-refractivity contribution in [1.29, 1.82) is 0 Å². The normalized spacial score (nSPS) is 10.6. The van der Waals surface area contributed by atoms with Gasteiger partial charge >= 0.3 is 5.97 Å². The maximum Gasteiger partial charge on any atom is 0.360 e. The Bertz CT molecular complexity index is 881. The highest BCUT2D eigenvalue weighted by molar-refractivity contribution is 5.93. The van der Waals surface area contributed by atoms with Crippen LogP contribution in [0, 0.1) is 11.6 Å². The summed E-state index contributed by atoms with van der Waals surface area (Å²) in [6.07, 6.45) is 3.14. The molecule has 6 nitrogen and oxygen atoms in total. The van der Waals surface area contributed by atoms with E-state index in [1.54, 1.807) is 24.5 Å². The van der Waals surface area contributed by atoms with Gasteiger partial charge in [-0.25, -0.2) is 18.3 Å². The molecule has 24 heavy (non-hydrogen) atoms. The molecule has 8 heteroatoms. The van der Waals surface area contributed by atoms with Crippen molar-refractivity contribution in [2.75, 3.05) is 7.11 Å². The summed E-state index contributed by atoms with van der Waals surface area (Å²) in [4.78, 5) is 15.9. The molecule has 0 saturated carbocycles. The van der Waals surface area contributed by atoms with Crippen molar-refractivity contribution in [3.8, 4) is 11.3 Å².